The fourth-order valence-corrected chi connectivity index (χ4v) is 4.83. The maximum absolute atomic E-state index is 5.15. The summed E-state index contributed by atoms with van der Waals surface area (Å²) in [5.74, 6) is 1.97. The molecule has 142 valence electrons. The van der Waals surface area contributed by atoms with Crippen LogP contribution in [0.5, 0.6) is 0 Å². The van der Waals surface area contributed by atoms with E-state index in [1.807, 2.05) is 0 Å². The summed E-state index contributed by atoms with van der Waals surface area (Å²) in [4.78, 5) is 15.1. The van der Waals surface area contributed by atoms with Crippen LogP contribution in [-0.2, 0) is 18.3 Å². The number of benzene rings is 2. The number of aromatic nitrogens is 2. The number of hydrogen-bond acceptors (Lipinski definition) is 4. The largest absolute Gasteiger partial charge is 0.301 e. The van der Waals surface area contributed by atoms with Gasteiger partial charge in [-0.2, -0.15) is 0 Å². The minimum absolute atomic E-state index is 0.0619. The Labute approximate surface area is 166 Å². The van der Waals surface area contributed by atoms with Crippen molar-refractivity contribution in [1.82, 2.24) is 9.97 Å². The summed E-state index contributed by atoms with van der Waals surface area (Å²) in [5, 5.41) is 0. The van der Waals surface area contributed by atoms with Crippen LogP contribution in [0.2, 0.25) is 0 Å². The van der Waals surface area contributed by atoms with Crippen LogP contribution in [0.1, 0.15) is 44.6 Å². The molecule has 2 aliphatic rings. The van der Waals surface area contributed by atoms with Gasteiger partial charge in [-0.25, -0.2) is 9.97 Å². The average molecular weight is 371 g/mol. The average Bonchev–Trinajstić information content (AvgIpc) is 3.18. The molecule has 0 amide bonds. The van der Waals surface area contributed by atoms with E-state index in [-0.39, 0.29) is 11.6 Å². The molecule has 3 aromatic rings. The van der Waals surface area contributed by atoms with E-state index >= 15 is 0 Å². The van der Waals surface area contributed by atoms with Gasteiger partial charge in [0.15, 0.2) is 11.6 Å². The van der Waals surface area contributed by atoms with Crippen LogP contribution in [0, 0.1) is 0 Å². The van der Waals surface area contributed by atoms with Crippen molar-refractivity contribution in [2.24, 2.45) is 0 Å². The van der Waals surface area contributed by atoms with Gasteiger partial charge in [0.05, 0.1) is 11.4 Å². The van der Waals surface area contributed by atoms with Crippen molar-refractivity contribution in [1.29, 1.82) is 0 Å². The SMILES string of the molecule is CCc1nc2c(nc1CC)N1c3ccccc3C(C)(C)C1N2c1ccccc1. The second-order valence-corrected chi connectivity index (χ2v) is 8.16. The third kappa shape index (κ3) is 2.17. The lowest BCUT2D eigenvalue weighted by molar-refractivity contribution is 0.449. The predicted octanol–water partition coefficient (Wildman–Crippen LogP) is 5.51. The van der Waals surface area contributed by atoms with Crippen molar-refractivity contribution in [3.63, 3.8) is 0 Å². The normalized spacial score (nSPS) is 18.8. The number of aryl methyl sites for hydroxylation is 2. The van der Waals surface area contributed by atoms with Gasteiger partial charge in [0.25, 0.3) is 0 Å². The smallest absolute Gasteiger partial charge is 0.178 e. The van der Waals surface area contributed by atoms with E-state index in [0.717, 1.165) is 41.6 Å². The van der Waals surface area contributed by atoms with Crippen LogP contribution in [0.4, 0.5) is 23.0 Å². The summed E-state index contributed by atoms with van der Waals surface area (Å²) in [7, 11) is 0. The fraction of sp³-hybridized carbons (Fsp3) is 0.333. The number of rotatable bonds is 3. The van der Waals surface area contributed by atoms with E-state index in [2.05, 4.69) is 92.1 Å². The van der Waals surface area contributed by atoms with E-state index in [9.17, 15) is 0 Å². The summed E-state index contributed by atoms with van der Waals surface area (Å²) >= 11 is 0. The number of fused-ring (bicyclic) bond motifs is 5. The monoisotopic (exact) mass is 370 g/mol. The Morgan fingerprint density at radius 2 is 1.36 bits per heavy atom. The first-order chi connectivity index (χ1) is 13.6. The standard InChI is InChI=1S/C24H26N4/c1-5-18-19(6-2)26-22-21(25-18)27(16-12-8-7-9-13-16)23-24(3,4)17-14-10-11-15-20(17)28(22)23/h7-15,23H,5-6H2,1-4H3. The highest BCUT2D eigenvalue weighted by atomic mass is 15.5. The molecule has 4 heteroatoms. The molecule has 1 aromatic heterocycles. The summed E-state index contributed by atoms with van der Waals surface area (Å²) in [6.45, 7) is 9.00. The van der Waals surface area contributed by atoms with E-state index in [0.29, 0.717) is 0 Å². The summed E-state index contributed by atoms with van der Waals surface area (Å²) in [5.41, 5.74) is 5.93. The van der Waals surface area contributed by atoms with Crippen LogP contribution < -0.4 is 9.80 Å². The highest BCUT2D eigenvalue weighted by Crippen LogP contribution is 2.57. The van der Waals surface area contributed by atoms with E-state index in [1.165, 1.54) is 11.3 Å². The van der Waals surface area contributed by atoms with Crippen LogP contribution in [0.25, 0.3) is 0 Å². The molecule has 5 rings (SSSR count). The predicted molar refractivity (Wildman–Crippen MR) is 115 cm³/mol. The first-order valence-corrected chi connectivity index (χ1v) is 10.2. The number of para-hydroxylation sites is 2. The van der Waals surface area contributed by atoms with Crippen molar-refractivity contribution < 1.29 is 0 Å². The number of anilines is 4. The first-order valence-electron chi connectivity index (χ1n) is 10.2. The Balaban J connectivity index is 1.81. The second kappa shape index (κ2) is 6.06. The van der Waals surface area contributed by atoms with E-state index in [4.69, 9.17) is 9.97 Å². The Morgan fingerprint density at radius 3 is 2.00 bits per heavy atom. The van der Waals surface area contributed by atoms with Crippen molar-refractivity contribution in [2.45, 2.75) is 52.1 Å². The molecule has 0 saturated carbocycles. The highest BCUT2D eigenvalue weighted by Gasteiger charge is 2.54. The fourth-order valence-electron chi connectivity index (χ4n) is 4.83. The molecule has 1 atom stereocenters. The minimum Gasteiger partial charge on any atom is -0.301 e. The molecule has 0 bridgehead atoms. The van der Waals surface area contributed by atoms with Gasteiger partial charge in [-0.05, 0) is 36.6 Å². The van der Waals surface area contributed by atoms with Gasteiger partial charge in [-0.3, -0.25) is 0 Å². The quantitative estimate of drug-likeness (QED) is 0.609. The van der Waals surface area contributed by atoms with Crippen LogP contribution in [-0.4, -0.2) is 16.1 Å². The molecule has 0 N–H and O–H groups in total. The van der Waals surface area contributed by atoms with Crippen LogP contribution in [0.15, 0.2) is 54.6 Å². The Bertz CT molecular complexity index is 1020. The lowest BCUT2D eigenvalue weighted by Gasteiger charge is -2.36. The molecule has 1 unspecified atom stereocenters. The van der Waals surface area contributed by atoms with Gasteiger partial charge in [-0.1, -0.05) is 64.1 Å². The summed E-state index contributed by atoms with van der Waals surface area (Å²) in [6, 6.07) is 19.3. The zero-order valence-electron chi connectivity index (χ0n) is 17.0. The lowest BCUT2D eigenvalue weighted by Crippen LogP contribution is -2.46. The van der Waals surface area contributed by atoms with Crippen molar-refractivity contribution >= 4 is 23.0 Å². The van der Waals surface area contributed by atoms with Gasteiger partial charge in [0.2, 0.25) is 0 Å². The third-order valence-electron chi connectivity index (χ3n) is 6.17. The molecule has 0 radical (unpaired) electrons. The van der Waals surface area contributed by atoms with E-state index < -0.39 is 0 Å². The molecule has 0 spiro atoms. The van der Waals surface area contributed by atoms with Gasteiger partial charge < -0.3 is 9.80 Å². The minimum atomic E-state index is -0.0619. The topological polar surface area (TPSA) is 32.3 Å². The molecule has 0 aliphatic carbocycles. The summed E-state index contributed by atoms with van der Waals surface area (Å²) < 4.78 is 0. The van der Waals surface area contributed by atoms with E-state index in [1.54, 1.807) is 0 Å². The highest BCUT2D eigenvalue weighted by molar-refractivity contribution is 5.88. The van der Waals surface area contributed by atoms with Crippen LogP contribution >= 0.6 is 0 Å². The molecule has 2 aliphatic heterocycles. The number of hydrogen-bond donors (Lipinski definition) is 0. The molecule has 28 heavy (non-hydrogen) atoms. The maximum Gasteiger partial charge on any atom is 0.178 e. The van der Waals surface area contributed by atoms with Gasteiger partial charge in [0.1, 0.15) is 6.17 Å². The Hall–Kier alpha value is -2.88. The Morgan fingerprint density at radius 1 is 0.786 bits per heavy atom. The van der Waals surface area contributed by atoms with Crippen molar-refractivity contribution in [2.75, 3.05) is 9.80 Å². The lowest BCUT2D eigenvalue weighted by atomic mass is 9.83. The number of nitrogens with zero attached hydrogens (tertiary/aromatic N) is 4. The molecule has 4 nitrogen and oxygen atoms in total. The first kappa shape index (κ1) is 17.2. The van der Waals surface area contributed by atoms with Gasteiger partial charge in [0, 0.05) is 16.8 Å². The van der Waals surface area contributed by atoms with Crippen LogP contribution in [0.3, 0.4) is 0 Å². The Kier molecular flexibility index (Phi) is 3.73. The van der Waals surface area contributed by atoms with Gasteiger partial charge >= 0.3 is 0 Å². The molecule has 2 aromatic carbocycles. The maximum atomic E-state index is 5.15. The molecular weight excluding hydrogens is 344 g/mol. The molecule has 0 saturated heterocycles. The second-order valence-electron chi connectivity index (χ2n) is 8.16. The molecule has 0 fully saturated rings. The van der Waals surface area contributed by atoms with Crippen molar-refractivity contribution in [3.8, 4) is 0 Å². The third-order valence-corrected chi connectivity index (χ3v) is 6.17. The summed E-state index contributed by atoms with van der Waals surface area (Å²) in [6.07, 6.45) is 1.92. The zero-order valence-corrected chi connectivity index (χ0v) is 17.0. The van der Waals surface area contributed by atoms with Gasteiger partial charge in [-0.15, -0.1) is 0 Å². The zero-order chi connectivity index (χ0) is 19.5. The van der Waals surface area contributed by atoms with Crippen molar-refractivity contribution in [3.05, 3.63) is 71.5 Å². The molecule has 3 heterocycles. The molecular formula is C24H26N4.